The lowest BCUT2D eigenvalue weighted by Crippen LogP contribution is -2.28. The van der Waals surface area contributed by atoms with Gasteiger partial charge in [0.05, 0.1) is 17.3 Å². The van der Waals surface area contributed by atoms with Crippen molar-refractivity contribution in [1.82, 2.24) is 14.8 Å². The zero-order chi connectivity index (χ0) is 24.7. The van der Waals surface area contributed by atoms with Crippen LogP contribution in [0.4, 0.5) is 11.5 Å². The maximum absolute atomic E-state index is 13.2. The van der Waals surface area contributed by atoms with Crippen molar-refractivity contribution >= 4 is 34.7 Å². The van der Waals surface area contributed by atoms with E-state index in [-0.39, 0.29) is 18.2 Å². The number of benzene rings is 2. The average Bonchev–Trinajstić information content (AvgIpc) is 3.55. The summed E-state index contributed by atoms with van der Waals surface area (Å²) in [6.07, 6.45) is 0.181. The van der Waals surface area contributed by atoms with Crippen LogP contribution in [-0.4, -0.2) is 33.1 Å². The summed E-state index contributed by atoms with van der Waals surface area (Å²) in [5, 5.41) is 10.2. The molecule has 178 valence electrons. The van der Waals surface area contributed by atoms with Crippen LogP contribution >= 0.6 is 11.3 Å². The van der Waals surface area contributed by atoms with E-state index in [1.54, 1.807) is 9.58 Å². The second-order valence-corrected chi connectivity index (χ2v) is 9.96. The molecule has 1 fully saturated rings. The molecule has 0 bridgehead atoms. The average molecular weight is 486 g/mol. The van der Waals surface area contributed by atoms with Crippen LogP contribution in [0.25, 0.3) is 16.4 Å². The first kappa shape index (κ1) is 23.0. The lowest BCUT2D eigenvalue weighted by molar-refractivity contribution is -0.122. The number of aryl methyl sites for hydroxylation is 4. The van der Waals surface area contributed by atoms with E-state index in [1.807, 2.05) is 62.5 Å². The van der Waals surface area contributed by atoms with Crippen LogP contribution in [-0.2, 0) is 9.59 Å². The minimum absolute atomic E-state index is 0.0410. The molecule has 0 spiro atoms. The fourth-order valence-electron chi connectivity index (χ4n) is 4.21. The zero-order valence-electron chi connectivity index (χ0n) is 20.2. The number of hydrogen-bond acceptors (Lipinski definition) is 5. The summed E-state index contributed by atoms with van der Waals surface area (Å²) in [6.45, 7) is 8.35. The highest BCUT2D eigenvalue weighted by atomic mass is 32.1. The molecule has 2 amide bonds. The molecular weight excluding hydrogens is 458 g/mol. The Morgan fingerprint density at radius 2 is 1.80 bits per heavy atom. The van der Waals surface area contributed by atoms with Gasteiger partial charge < -0.3 is 10.2 Å². The molecule has 1 aliphatic rings. The van der Waals surface area contributed by atoms with Gasteiger partial charge in [0, 0.05) is 35.7 Å². The van der Waals surface area contributed by atoms with Crippen LogP contribution < -0.4 is 10.2 Å². The SMILES string of the molecule is Cc1ccc(-c2csc(-n3nc(C)cc3NC(=O)[C@H]3CC(=O)N(c4ccc(C)c(C)c4)C3)n2)cc1. The first-order chi connectivity index (χ1) is 16.8. The van der Waals surface area contributed by atoms with Gasteiger partial charge in [-0.2, -0.15) is 9.78 Å². The van der Waals surface area contributed by atoms with E-state index in [9.17, 15) is 9.59 Å². The molecule has 1 saturated heterocycles. The molecule has 0 aliphatic carbocycles. The Bertz CT molecular complexity index is 1420. The largest absolute Gasteiger partial charge is 0.312 e. The number of aromatic nitrogens is 3. The topological polar surface area (TPSA) is 80.1 Å². The third-order valence-corrected chi connectivity index (χ3v) is 7.22. The molecule has 1 atom stereocenters. The van der Waals surface area contributed by atoms with E-state index >= 15 is 0 Å². The molecule has 1 N–H and O–H groups in total. The minimum atomic E-state index is -0.438. The monoisotopic (exact) mass is 485 g/mol. The second-order valence-electron chi connectivity index (χ2n) is 9.13. The molecule has 3 heterocycles. The zero-order valence-corrected chi connectivity index (χ0v) is 21.0. The van der Waals surface area contributed by atoms with Gasteiger partial charge in [0.1, 0.15) is 5.82 Å². The van der Waals surface area contributed by atoms with Crippen molar-refractivity contribution in [3.8, 4) is 16.4 Å². The van der Waals surface area contributed by atoms with E-state index in [1.165, 1.54) is 22.5 Å². The highest BCUT2D eigenvalue weighted by Crippen LogP contribution is 2.29. The highest BCUT2D eigenvalue weighted by molar-refractivity contribution is 7.12. The summed E-state index contributed by atoms with van der Waals surface area (Å²) in [6, 6.07) is 16.0. The van der Waals surface area contributed by atoms with E-state index in [2.05, 4.69) is 29.5 Å². The fraction of sp³-hybridized carbons (Fsp3) is 0.259. The van der Waals surface area contributed by atoms with Gasteiger partial charge in [-0.05, 0) is 51.0 Å². The lowest BCUT2D eigenvalue weighted by atomic mass is 10.1. The van der Waals surface area contributed by atoms with Crippen LogP contribution in [0, 0.1) is 33.6 Å². The van der Waals surface area contributed by atoms with Gasteiger partial charge in [-0.1, -0.05) is 35.9 Å². The second kappa shape index (κ2) is 9.11. The summed E-state index contributed by atoms with van der Waals surface area (Å²) >= 11 is 1.46. The van der Waals surface area contributed by atoms with Crippen LogP contribution in [0.2, 0.25) is 0 Å². The Morgan fingerprint density at radius 1 is 1.03 bits per heavy atom. The van der Waals surface area contributed by atoms with E-state index in [0.717, 1.165) is 28.2 Å². The molecule has 0 unspecified atom stereocenters. The molecule has 5 rings (SSSR count). The number of hydrogen-bond donors (Lipinski definition) is 1. The van der Waals surface area contributed by atoms with E-state index in [4.69, 9.17) is 4.98 Å². The standard InChI is InChI=1S/C27H27N5O2S/c1-16-5-8-20(9-6-16)23-15-35-27(28-23)32-24(12-19(4)30-32)29-26(34)21-13-25(33)31(14-21)22-10-7-17(2)18(3)11-22/h5-12,15,21H,13-14H2,1-4H3,(H,29,34)/t21-/m0/s1. The van der Waals surface area contributed by atoms with Gasteiger partial charge in [-0.25, -0.2) is 4.98 Å². The summed E-state index contributed by atoms with van der Waals surface area (Å²) in [7, 11) is 0. The molecule has 7 nitrogen and oxygen atoms in total. The molecular formula is C27H27N5O2S. The van der Waals surface area contributed by atoms with E-state index in [0.29, 0.717) is 17.5 Å². The van der Waals surface area contributed by atoms with Crippen molar-refractivity contribution in [2.45, 2.75) is 34.1 Å². The Morgan fingerprint density at radius 3 is 2.54 bits per heavy atom. The molecule has 0 saturated carbocycles. The smallest absolute Gasteiger partial charge is 0.230 e. The van der Waals surface area contributed by atoms with Gasteiger partial charge in [-0.3, -0.25) is 9.59 Å². The number of nitrogens with zero attached hydrogens (tertiary/aromatic N) is 4. The molecule has 35 heavy (non-hydrogen) atoms. The fourth-order valence-corrected chi connectivity index (χ4v) is 5.00. The Kier molecular flexibility index (Phi) is 5.98. The predicted octanol–water partition coefficient (Wildman–Crippen LogP) is 5.22. The third kappa shape index (κ3) is 4.61. The minimum Gasteiger partial charge on any atom is -0.312 e. The van der Waals surface area contributed by atoms with Gasteiger partial charge in [-0.15, -0.1) is 11.3 Å². The lowest BCUT2D eigenvalue weighted by Gasteiger charge is -2.18. The predicted molar refractivity (Wildman–Crippen MR) is 139 cm³/mol. The summed E-state index contributed by atoms with van der Waals surface area (Å²) in [4.78, 5) is 32.3. The van der Waals surface area contributed by atoms with Crippen LogP contribution in [0.15, 0.2) is 53.9 Å². The first-order valence-corrected chi connectivity index (χ1v) is 12.4. The molecule has 0 radical (unpaired) electrons. The Hall–Kier alpha value is -3.78. The normalized spacial score (nSPS) is 15.6. The summed E-state index contributed by atoms with van der Waals surface area (Å²) in [5.41, 5.74) is 6.98. The van der Waals surface area contributed by atoms with Crippen molar-refractivity contribution in [3.05, 3.63) is 76.3 Å². The van der Waals surface area contributed by atoms with Gasteiger partial charge in [0.2, 0.25) is 16.9 Å². The molecule has 2 aromatic heterocycles. The van der Waals surface area contributed by atoms with Crippen molar-refractivity contribution in [1.29, 1.82) is 0 Å². The maximum Gasteiger partial charge on any atom is 0.230 e. The summed E-state index contributed by atoms with van der Waals surface area (Å²) < 4.78 is 1.66. The number of anilines is 2. The molecule has 4 aromatic rings. The van der Waals surface area contributed by atoms with Gasteiger partial charge >= 0.3 is 0 Å². The number of thiazole rings is 1. The van der Waals surface area contributed by atoms with Crippen LogP contribution in [0.1, 0.15) is 28.8 Å². The van der Waals surface area contributed by atoms with Gasteiger partial charge in [0.25, 0.3) is 0 Å². The molecule has 1 aliphatic heterocycles. The van der Waals surface area contributed by atoms with E-state index < -0.39 is 5.92 Å². The highest BCUT2D eigenvalue weighted by Gasteiger charge is 2.35. The quantitative estimate of drug-likeness (QED) is 0.420. The van der Waals surface area contributed by atoms with Crippen molar-refractivity contribution in [3.63, 3.8) is 0 Å². The van der Waals surface area contributed by atoms with Crippen molar-refractivity contribution in [2.24, 2.45) is 5.92 Å². The van der Waals surface area contributed by atoms with Crippen molar-refractivity contribution < 1.29 is 9.59 Å². The number of carbonyl (C=O) groups is 2. The van der Waals surface area contributed by atoms with Crippen LogP contribution in [0.5, 0.6) is 0 Å². The van der Waals surface area contributed by atoms with Gasteiger partial charge in [0.15, 0.2) is 0 Å². The number of carbonyl (C=O) groups excluding carboxylic acids is 2. The van der Waals surface area contributed by atoms with Crippen molar-refractivity contribution in [2.75, 3.05) is 16.8 Å². The molecule has 8 heteroatoms. The van der Waals surface area contributed by atoms with Crippen LogP contribution in [0.3, 0.4) is 0 Å². The maximum atomic E-state index is 13.2. The number of rotatable bonds is 5. The number of amides is 2. The Labute approximate surface area is 208 Å². The number of nitrogens with one attached hydrogen (secondary N) is 1. The third-order valence-electron chi connectivity index (χ3n) is 6.40. The molecule has 2 aromatic carbocycles. The first-order valence-electron chi connectivity index (χ1n) is 11.6. The Balaban J connectivity index is 1.33. The summed E-state index contributed by atoms with van der Waals surface area (Å²) in [5.74, 6) is -0.122.